The quantitative estimate of drug-likeness (QED) is 0.617. The molecule has 0 fully saturated rings. The van der Waals surface area contributed by atoms with E-state index in [1.807, 2.05) is 6.92 Å². The monoisotopic (exact) mass is 399 g/mol. The molecular formula is C18H23F2N3O3S. The van der Waals surface area contributed by atoms with Crippen molar-refractivity contribution in [1.82, 2.24) is 9.97 Å². The van der Waals surface area contributed by atoms with E-state index in [9.17, 15) is 13.6 Å². The molecule has 0 saturated heterocycles. The molecule has 9 heteroatoms. The molecule has 0 saturated carbocycles. The third kappa shape index (κ3) is 6.51. The number of amides is 1. The van der Waals surface area contributed by atoms with Crippen molar-refractivity contribution in [2.24, 2.45) is 11.7 Å². The van der Waals surface area contributed by atoms with Gasteiger partial charge in [0.15, 0.2) is 0 Å². The summed E-state index contributed by atoms with van der Waals surface area (Å²) in [4.78, 5) is 18.7. The van der Waals surface area contributed by atoms with Crippen molar-refractivity contribution in [2.75, 3.05) is 13.2 Å². The van der Waals surface area contributed by atoms with Gasteiger partial charge >= 0.3 is 6.09 Å². The first kappa shape index (κ1) is 21.2. The molecule has 2 rings (SSSR count). The molecule has 148 valence electrons. The normalized spacial score (nSPS) is 12.4. The number of halogens is 2. The van der Waals surface area contributed by atoms with E-state index < -0.39 is 17.7 Å². The minimum atomic E-state index is -0.856. The zero-order valence-electron chi connectivity index (χ0n) is 15.4. The van der Waals surface area contributed by atoms with Crippen LogP contribution >= 0.6 is 11.8 Å². The molecule has 0 radical (unpaired) electrons. The van der Waals surface area contributed by atoms with Gasteiger partial charge in [-0.15, -0.1) is 0 Å². The van der Waals surface area contributed by atoms with Gasteiger partial charge in [0.25, 0.3) is 0 Å². The highest BCUT2D eigenvalue weighted by atomic mass is 32.2. The minimum absolute atomic E-state index is 0.0511. The lowest BCUT2D eigenvalue weighted by Gasteiger charge is -2.14. The maximum atomic E-state index is 13.5. The Morgan fingerprint density at radius 3 is 2.48 bits per heavy atom. The fraction of sp³-hybridized carbons (Fsp3) is 0.444. The molecule has 1 amide bonds. The van der Waals surface area contributed by atoms with E-state index in [-0.39, 0.29) is 25.7 Å². The number of imidazole rings is 1. The summed E-state index contributed by atoms with van der Waals surface area (Å²) in [5.41, 5.74) is 5.69. The number of ether oxygens (including phenoxy) is 2. The van der Waals surface area contributed by atoms with E-state index in [1.165, 1.54) is 23.9 Å². The number of hydrogen-bond donors (Lipinski definition) is 2. The van der Waals surface area contributed by atoms with Crippen molar-refractivity contribution >= 4 is 17.9 Å². The Kier molecular flexibility index (Phi) is 7.61. The molecule has 27 heavy (non-hydrogen) atoms. The molecule has 0 aliphatic carbocycles. The van der Waals surface area contributed by atoms with Crippen LogP contribution in [0.3, 0.4) is 0 Å². The lowest BCUT2D eigenvalue weighted by atomic mass is 9.95. The molecule has 0 bridgehead atoms. The van der Waals surface area contributed by atoms with Crippen molar-refractivity contribution in [1.29, 1.82) is 0 Å². The molecule has 1 aromatic carbocycles. The number of hydrogen-bond acceptors (Lipinski definition) is 5. The number of carbonyl (C=O) groups excluding carboxylic acids is 1. The van der Waals surface area contributed by atoms with Crippen LogP contribution in [-0.2, 0) is 16.1 Å². The molecule has 0 aliphatic heterocycles. The summed E-state index contributed by atoms with van der Waals surface area (Å²) in [6.45, 7) is 6.60. The first-order chi connectivity index (χ1) is 12.8. The Morgan fingerprint density at radius 1 is 1.22 bits per heavy atom. The van der Waals surface area contributed by atoms with Crippen LogP contribution in [0.25, 0.3) is 0 Å². The summed E-state index contributed by atoms with van der Waals surface area (Å²) >= 11 is 1.22. The van der Waals surface area contributed by atoms with Gasteiger partial charge in [-0.3, -0.25) is 0 Å². The maximum absolute atomic E-state index is 13.5. The SMILES string of the molecule is CC(C)C(C)c1nc(COCCOC(N)=O)[nH]c1Sc1cc(F)cc(F)c1. The van der Waals surface area contributed by atoms with Crippen LogP contribution in [0.15, 0.2) is 28.1 Å². The highest BCUT2D eigenvalue weighted by Crippen LogP contribution is 2.35. The minimum Gasteiger partial charge on any atom is -0.447 e. The first-order valence-corrected chi connectivity index (χ1v) is 9.30. The third-order valence-corrected chi connectivity index (χ3v) is 4.93. The predicted molar refractivity (Wildman–Crippen MR) is 97.5 cm³/mol. The smallest absolute Gasteiger partial charge is 0.404 e. The average Bonchev–Trinajstić information content (AvgIpc) is 2.95. The Hall–Kier alpha value is -2.13. The number of benzene rings is 1. The van der Waals surface area contributed by atoms with E-state index in [1.54, 1.807) is 0 Å². The second kappa shape index (κ2) is 9.70. The third-order valence-electron chi connectivity index (χ3n) is 3.94. The second-order valence-electron chi connectivity index (χ2n) is 6.36. The Labute approximate surface area is 160 Å². The maximum Gasteiger partial charge on any atom is 0.404 e. The number of H-pyrrole nitrogens is 1. The highest BCUT2D eigenvalue weighted by Gasteiger charge is 2.20. The molecule has 1 unspecified atom stereocenters. The van der Waals surface area contributed by atoms with Crippen molar-refractivity contribution in [3.8, 4) is 0 Å². The van der Waals surface area contributed by atoms with Crippen LogP contribution < -0.4 is 5.73 Å². The van der Waals surface area contributed by atoms with Crippen molar-refractivity contribution in [3.05, 3.63) is 41.4 Å². The number of carbonyl (C=O) groups is 1. The molecule has 6 nitrogen and oxygen atoms in total. The van der Waals surface area contributed by atoms with Gasteiger partial charge in [-0.2, -0.15) is 0 Å². The molecule has 0 aliphatic rings. The number of nitrogens with zero attached hydrogens (tertiary/aromatic N) is 1. The average molecular weight is 399 g/mol. The number of aromatic amines is 1. The van der Waals surface area contributed by atoms with Gasteiger partial charge in [-0.1, -0.05) is 32.5 Å². The number of rotatable bonds is 9. The lowest BCUT2D eigenvalue weighted by Crippen LogP contribution is -2.16. The zero-order valence-corrected chi connectivity index (χ0v) is 16.2. The lowest BCUT2D eigenvalue weighted by molar-refractivity contribution is 0.0653. The number of aromatic nitrogens is 2. The molecule has 1 aromatic heterocycles. The summed E-state index contributed by atoms with van der Waals surface area (Å²) in [5.74, 6) is -0.221. The van der Waals surface area contributed by atoms with Crippen LogP contribution in [0.1, 0.15) is 38.2 Å². The molecule has 2 aromatic rings. The van der Waals surface area contributed by atoms with E-state index in [4.69, 9.17) is 10.5 Å². The zero-order chi connectivity index (χ0) is 20.0. The van der Waals surface area contributed by atoms with E-state index in [0.29, 0.717) is 21.7 Å². The van der Waals surface area contributed by atoms with Crippen molar-refractivity contribution in [2.45, 2.75) is 43.2 Å². The van der Waals surface area contributed by atoms with Crippen LogP contribution in [-0.4, -0.2) is 29.3 Å². The van der Waals surface area contributed by atoms with Gasteiger partial charge < -0.3 is 20.2 Å². The number of nitrogens with one attached hydrogen (secondary N) is 1. The standard InChI is InChI=1S/C18H23F2N3O3S/c1-10(2)11(3)16-17(27-14-7-12(19)6-13(20)8-14)23-15(22-16)9-25-4-5-26-18(21)24/h6-8,10-11H,4-5,9H2,1-3H3,(H2,21,24)(H,22,23). The molecule has 3 N–H and O–H groups in total. The molecule has 0 spiro atoms. The molecule has 1 heterocycles. The van der Waals surface area contributed by atoms with E-state index in [2.05, 4.69) is 28.6 Å². The van der Waals surface area contributed by atoms with Crippen LogP contribution in [0.5, 0.6) is 0 Å². The second-order valence-corrected chi connectivity index (χ2v) is 7.44. The summed E-state index contributed by atoms with van der Waals surface area (Å²) in [6.07, 6.45) is -0.856. The van der Waals surface area contributed by atoms with Crippen molar-refractivity contribution in [3.63, 3.8) is 0 Å². The van der Waals surface area contributed by atoms with Crippen LogP contribution in [0.4, 0.5) is 13.6 Å². The van der Waals surface area contributed by atoms with Gasteiger partial charge in [-0.25, -0.2) is 18.6 Å². The fourth-order valence-corrected chi connectivity index (χ4v) is 3.35. The fourth-order valence-electron chi connectivity index (χ4n) is 2.27. The summed E-state index contributed by atoms with van der Waals surface area (Å²) < 4.78 is 36.9. The van der Waals surface area contributed by atoms with Crippen molar-refractivity contribution < 1.29 is 23.0 Å². The van der Waals surface area contributed by atoms with E-state index in [0.717, 1.165) is 11.8 Å². The first-order valence-electron chi connectivity index (χ1n) is 8.49. The summed E-state index contributed by atoms with van der Waals surface area (Å²) in [6, 6.07) is 3.38. The van der Waals surface area contributed by atoms with Gasteiger partial charge in [0.2, 0.25) is 0 Å². The van der Waals surface area contributed by atoms with Gasteiger partial charge in [0, 0.05) is 16.9 Å². The summed E-state index contributed by atoms with van der Waals surface area (Å²) in [7, 11) is 0. The molecule has 1 atom stereocenters. The van der Waals surface area contributed by atoms with Gasteiger partial charge in [0.1, 0.15) is 35.7 Å². The number of nitrogens with two attached hydrogens (primary N) is 1. The van der Waals surface area contributed by atoms with E-state index >= 15 is 0 Å². The largest absolute Gasteiger partial charge is 0.447 e. The van der Waals surface area contributed by atoms with Crippen LogP contribution in [0.2, 0.25) is 0 Å². The summed E-state index contributed by atoms with van der Waals surface area (Å²) in [5, 5.41) is 0.716. The molecular weight excluding hydrogens is 376 g/mol. The number of primary amides is 1. The van der Waals surface area contributed by atoms with Gasteiger partial charge in [-0.05, 0) is 18.1 Å². The predicted octanol–water partition coefficient (Wildman–Crippen LogP) is 4.21. The van der Waals surface area contributed by atoms with Gasteiger partial charge in [0.05, 0.1) is 12.3 Å². The Bertz CT molecular complexity index is 763. The highest BCUT2D eigenvalue weighted by molar-refractivity contribution is 7.99. The Balaban J connectivity index is 2.13. The van der Waals surface area contributed by atoms with Crippen LogP contribution in [0, 0.1) is 17.6 Å². The topological polar surface area (TPSA) is 90.2 Å². The Morgan fingerprint density at radius 2 is 1.89 bits per heavy atom.